The summed E-state index contributed by atoms with van der Waals surface area (Å²) in [7, 11) is 1.68. The van der Waals surface area contributed by atoms with E-state index in [0.29, 0.717) is 6.54 Å². The van der Waals surface area contributed by atoms with Crippen molar-refractivity contribution in [3.63, 3.8) is 0 Å². The standard InChI is InChI=1S/C13H18BrNO2/c1-16-11-2-3-12(14)10(6-11)7-13(8-15)4-5-17-9-13/h2-3,6H,4-5,7-9,15H2,1H3. The van der Waals surface area contributed by atoms with Crippen LogP contribution in [0.4, 0.5) is 0 Å². The van der Waals surface area contributed by atoms with E-state index in [-0.39, 0.29) is 5.41 Å². The quantitative estimate of drug-likeness (QED) is 0.928. The molecule has 0 bridgehead atoms. The van der Waals surface area contributed by atoms with Crippen LogP contribution in [-0.4, -0.2) is 26.9 Å². The van der Waals surface area contributed by atoms with Crippen LogP contribution in [0.5, 0.6) is 5.75 Å². The Hall–Kier alpha value is -0.580. The summed E-state index contributed by atoms with van der Waals surface area (Å²) in [5.41, 5.74) is 7.24. The van der Waals surface area contributed by atoms with E-state index in [1.165, 1.54) is 5.56 Å². The molecule has 1 fully saturated rings. The van der Waals surface area contributed by atoms with Crippen LogP contribution in [0.15, 0.2) is 22.7 Å². The SMILES string of the molecule is COc1ccc(Br)c(CC2(CN)CCOC2)c1. The molecule has 1 atom stereocenters. The molecule has 1 unspecified atom stereocenters. The lowest BCUT2D eigenvalue weighted by Crippen LogP contribution is -2.33. The van der Waals surface area contributed by atoms with E-state index in [1.807, 2.05) is 12.1 Å². The normalized spacial score (nSPS) is 23.9. The summed E-state index contributed by atoms with van der Waals surface area (Å²) >= 11 is 3.58. The van der Waals surface area contributed by atoms with E-state index in [1.54, 1.807) is 7.11 Å². The van der Waals surface area contributed by atoms with Crippen LogP contribution < -0.4 is 10.5 Å². The first kappa shape index (κ1) is 12.9. The first-order chi connectivity index (χ1) is 8.19. The smallest absolute Gasteiger partial charge is 0.119 e. The minimum absolute atomic E-state index is 0.0921. The van der Waals surface area contributed by atoms with E-state index in [4.69, 9.17) is 15.2 Å². The van der Waals surface area contributed by atoms with E-state index in [0.717, 1.165) is 36.3 Å². The zero-order valence-electron chi connectivity index (χ0n) is 10.0. The Morgan fingerprint density at radius 1 is 1.53 bits per heavy atom. The van der Waals surface area contributed by atoms with Gasteiger partial charge in [-0.25, -0.2) is 0 Å². The number of ether oxygens (including phenoxy) is 2. The molecule has 0 radical (unpaired) electrons. The van der Waals surface area contributed by atoms with Gasteiger partial charge in [0.05, 0.1) is 13.7 Å². The third-order valence-electron chi connectivity index (χ3n) is 3.44. The Morgan fingerprint density at radius 3 is 2.94 bits per heavy atom. The number of rotatable bonds is 4. The first-order valence-electron chi connectivity index (χ1n) is 5.79. The fourth-order valence-electron chi connectivity index (χ4n) is 2.24. The van der Waals surface area contributed by atoms with Crippen LogP contribution in [0.1, 0.15) is 12.0 Å². The van der Waals surface area contributed by atoms with Crippen LogP contribution in [-0.2, 0) is 11.2 Å². The van der Waals surface area contributed by atoms with Crippen molar-refractivity contribution in [3.05, 3.63) is 28.2 Å². The highest BCUT2D eigenvalue weighted by atomic mass is 79.9. The second-order valence-electron chi connectivity index (χ2n) is 4.64. The zero-order chi connectivity index (χ0) is 12.3. The second-order valence-corrected chi connectivity index (χ2v) is 5.50. The molecule has 1 aliphatic heterocycles. The molecular formula is C13H18BrNO2. The van der Waals surface area contributed by atoms with E-state index in [2.05, 4.69) is 22.0 Å². The van der Waals surface area contributed by atoms with Gasteiger partial charge in [0.25, 0.3) is 0 Å². The highest BCUT2D eigenvalue weighted by molar-refractivity contribution is 9.10. The summed E-state index contributed by atoms with van der Waals surface area (Å²) in [5, 5.41) is 0. The number of halogens is 1. The van der Waals surface area contributed by atoms with Gasteiger partial charge in [0, 0.05) is 23.0 Å². The van der Waals surface area contributed by atoms with Crippen molar-refractivity contribution in [1.29, 1.82) is 0 Å². The van der Waals surface area contributed by atoms with Crippen LogP contribution in [0.2, 0.25) is 0 Å². The molecule has 1 aromatic carbocycles. The molecule has 17 heavy (non-hydrogen) atoms. The van der Waals surface area contributed by atoms with Gasteiger partial charge >= 0.3 is 0 Å². The number of benzene rings is 1. The topological polar surface area (TPSA) is 44.5 Å². The molecule has 2 N–H and O–H groups in total. The third kappa shape index (κ3) is 2.81. The number of hydrogen-bond donors (Lipinski definition) is 1. The molecule has 94 valence electrons. The molecule has 0 spiro atoms. The minimum atomic E-state index is 0.0921. The molecule has 0 aliphatic carbocycles. The van der Waals surface area contributed by atoms with E-state index in [9.17, 15) is 0 Å². The summed E-state index contributed by atoms with van der Waals surface area (Å²) in [5.74, 6) is 0.884. The van der Waals surface area contributed by atoms with Gasteiger partial charge in [-0.1, -0.05) is 15.9 Å². The maximum atomic E-state index is 5.91. The van der Waals surface area contributed by atoms with Gasteiger partial charge in [-0.05, 0) is 36.6 Å². The molecule has 0 amide bonds. The third-order valence-corrected chi connectivity index (χ3v) is 4.21. The van der Waals surface area contributed by atoms with Crippen LogP contribution >= 0.6 is 15.9 Å². The number of methoxy groups -OCH3 is 1. The average Bonchev–Trinajstić information content (AvgIpc) is 2.81. The lowest BCUT2D eigenvalue weighted by atomic mass is 9.81. The Morgan fingerprint density at radius 2 is 2.35 bits per heavy atom. The predicted molar refractivity (Wildman–Crippen MR) is 71.3 cm³/mol. The lowest BCUT2D eigenvalue weighted by Gasteiger charge is -2.26. The Kier molecular flexibility index (Phi) is 4.07. The predicted octanol–water partition coefficient (Wildman–Crippen LogP) is 2.37. The van der Waals surface area contributed by atoms with E-state index < -0.39 is 0 Å². The zero-order valence-corrected chi connectivity index (χ0v) is 11.6. The second kappa shape index (κ2) is 5.38. The van der Waals surface area contributed by atoms with Gasteiger partial charge in [0.15, 0.2) is 0 Å². The molecule has 0 aromatic heterocycles. The molecule has 0 saturated carbocycles. The summed E-state index contributed by atoms with van der Waals surface area (Å²) in [6.45, 7) is 2.24. The molecule has 1 aliphatic rings. The lowest BCUT2D eigenvalue weighted by molar-refractivity contribution is 0.154. The fourth-order valence-corrected chi connectivity index (χ4v) is 2.63. The number of hydrogen-bond acceptors (Lipinski definition) is 3. The molecule has 1 saturated heterocycles. The Bertz CT molecular complexity index is 389. The van der Waals surface area contributed by atoms with Gasteiger partial charge in [0.1, 0.15) is 5.75 Å². The van der Waals surface area contributed by atoms with Crippen molar-refractivity contribution in [2.45, 2.75) is 12.8 Å². The monoisotopic (exact) mass is 299 g/mol. The first-order valence-corrected chi connectivity index (χ1v) is 6.59. The van der Waals surface area contributed by atoms with Gasteiger partial charge in [-0.3, -0.25) is 0 Å². The van der Waals surface area contributed by atoms with Crippen LogP contribution in [0.3, 0.4) is 0 Å². The summed E-state index contributed by atoms with van der Waals surface area (Å²) in [6.07, 6.45) is 1.97. The van der Waals surface area contributed by atoms with Crippen molar-refractivity contribution < 1.29 is 9.47 Å². The van der Waals surface area contributed by atoms with Crippen molar-refractivity contribution in [2.24, 2.45) is 11.1 Å². The summed E-state index contributed by atoms with van der Waals surface area (Å²) in [6, 6.07) is 6.04. The van der Waals surface area contributed by atoms with Crippen LogP contribution in [0.25, 0.3) is 0 Å². The Labute approximate surface area is 110 Å². The van der Waals surface area contributed by atoms with Gasteiger partial charge in [-0.15, -0.1) is 0 Å². The van der Waals surface area contributed by atoms with Crippen molar-refractivity contribution in [3.8, 4) is 5.75 Å². The summed E-state index contributed by atoms with van der Waals surface area (Å²) < 4.78 is 11.9. The largest absolute Gasteiger partial charge is 0.497 e. The fraction of sp³-hybridized carbons (Fsp3) is 0.538. The number of nitrogens with two attached hydrogens (primary N) is 1. The molecule has 1 aromatic rings. The van der Waals surface area contributed by atoms with Crippen molar-refractivity contribution in [1.82, 2.24) is 0 Å². The maximum absolute atomic E-state index is 5.91. The average molecular weight is 300 g/mol. The molecule has 3 nitrogen and oxygen atoms in total. The van der Waals surface area contributed by atoms with Crippen molar-refractivity contribution >= 4 is 15.9 Å². The van der Waals surface area contributed by atoms with Gasteiger partial charge in [-0.2, -0.15) is 0 Å². The van der Waals surface area contributed by atoms with Crippen molar-refractivity contribution in [2.75, 3.05) is 26.9 Å². The summed E-state index contributed by atoms with van der Waals surface area (Å²) in [4.78, 5) is 0. The molecule has 1 heterocycles. The van der Waals surface area contributed by atoms with E-state index >= 15 is 0 Å². The Balaban J connectivity index is 2.22. The molecule has 2 rings (SSSR count). The van der Waals surface area contributed by atoms with Crippen LogP contribution in [0, 0.1) is 5.41 Å². The highest BCUT2D eigenvalue weighted by Crippen LogP contribution is 2.35. The molecular weight excluding hydrogens is 282 g/mol. The highest BCUT2D eigenvalue weighted by Gasteiger charge is 2.34. The molecule has 4 heteroatoms. The minimum Gasteiger partial charge on any atom is -0.497 e. The van der Waals surface area contributed by atoms with Gasteiger partial charge in [0.2, 0.25) is 0 Å². The van der Waals surface area contributed by atoms with Gasteiger partial charge < -0.3 is 15.2 Å². The maximum Gasteiger partial charge on any atom is 0.119 e.